The highest BCUT2D eigenvalue weighted by Crippen LogP contribution is 2.35. The highest BCUT2D eigenvalue weighted by Gasteiger charge is 2.36. The van der Waals surface area contributed by atoms with Crippen molar-refractivity contribution in [2.45, 2.75) is 83.8 Å². The molecule has 10 nitrogen and oxygen atoms in total. The van der Waals surface area contributed by atoms with Gasteiger partial charge in [0.25, 0.3) is 0 Å². The van der Waals surface area contributed by atoms with Crippen LogP contribution < -0.4 is 14.5 Å². The van der Waals surface area contributed by atoms with Gasteiger partial charge in [0.15, 0.2) is 0 Å². The minimum absolute atomic E-state index is 0.0524. The minimum Gasteiger partial charge on any atom is -0.462 e. The van der Waals surface area contributed by atoms with Crippen molar-refractivity contribution in [2.24, 2.45) is 0 Å². The van der Waals surface area contributed by atoms with Gasteiger partial charge >= 0.3 is 12.1 Å². The summed E-state index contributed by atoms with van der Waals surface area (Å²) in [7, 11) is 1.92. The van der Waals surface area contributed by atoms with E-state index in [9.17, 15) is 14.4 Å². The van der Waals surface area contributed by atoms with Crippen LogP contribution in [0.1, 0.15) is 56.9 Å². The zero-order chi connectivity index (χ0) is 33.3. The SMILES string of the molecule is Cc1cccc2cccc(N3CCCc4c(nc(OC[C@@H]5C[C@H](F)CN5C)nc4N4CCN(C(=O)OC(C)(C)C)C(CC#N)C4)C3)c12. The average Bonchev–Trinajstić information content (AvgIpc) is 3.20. The first-order valence-electron chi connectivity index (χ1n) is 16.7. The second-order valence-corrected chi connectivity index (χ2v) is 14.1. The Labute approximate surface area is 277 Å². The fraction of sp³-hybridized carbons (Fsp3) is 0.556. The predicted octanol–water partition coefficient (Wildman–Crippen LogP) is 5.65. The van der Waals surface area contributed by atoms with Crippen LogP contribution in [0.3, 0.4) is 0 Å². The van der Waals surface area contributed by atoms with Gasteiger partial charge in [0, 0.05) is 55.4 Å². The molecule has 2 aromatic carbocycles. The molecule has 0 bridgehead atoms. The molecule has 3 aliphatic rings. The molecular weight excluding hydrogens is 597 g/mol. The Hall–Kier alpha value is -4.17. The number of alkyl halides is 1. The molecule has 4 heterocycles. The summed E-state index contributed by atoms with van der Waals surface area (Å²) in [4.78, 5) is 31.3. The van der Waals surface area contributed by atoms with Crippen LogP contribution in [0, 0.1) is 18.3 Å². The second kappa shape index (κ2) is 13.5. The first kappa shape index (κ1) is 32.8. The normalized spacial score (nSPS) is 22.1. The van der Waals surface area contributed by atoms with Gasteiger partial charge in [0.1, 0.15) is 24.2 Å². The van der Waals surface area contributed by atoms with Crippen molar-refractivity contribution in [3.8, 4) is 12.1 Å². The molecule has 0 spiro atoms. The summed E-state index contributed by atoms with van der Waals surface area (Å²) in [6.07, 6.45) is 1.03. The molecule has 2 fully saturated rings. The lowest BCUT2D eigenvalue weighted by Gasteiger charge is -2.42. The third-order valence-corrected chi connectivity index (χ3v) is 9.46. The fourth-order valence-electron chi connectivity index (χ4n) is 7.16. The van der Waals surface area contributed by atoms with Gasteiger partial charge < -0.3 is 24.2 Å². The summed E-state index contributed by atoms with van der Waals surface area (Å²) < 4.78 is 26.1. The van der Waals surface area contributed by atoms with E-state index >= 15 is 0 Å². The molecule has 6 rings (SSSR count). The summed E-state index contributed by atoms with van der Waals surface area (Å²) in [5.41, 5.74) is 3.75. The van der Waals surface area contributed by atoms with Gasteiger partial charge in [0.2, 0.25) is 0 Å². The van der Waals surface area contributed by atoms with Crippen molar-refractivity contribution in [1.82, 2.24) is 19.8 Å². The molecule has 2 saturated heterocycles. The molecule has 1 amide bonds. The molecule has 3 aromatic rings. The number of likely N-dealkylation sites (N-methyl/N-ethyl adjacent to an activating group) is 1. The van der Waals surface area contributed by atoms with E-state index in [1.54, 1.807) is 4.90 Å². The van der Waals surface area contributed by atoms with Crippen LogP contribution in [0.15, 0.2) is 36.4 Å². The predicted molar refractivity (Wildman–Crippen MR) is 181 cm³/mol. The summed E-state index contributed by atoms with van der Waals surface area (Å²) >= 11 is 0. The Kier molecular flexibility index (Phi) is 9.42. The number of benzene rings is 2. The van der Waals surface area contributed by atoms with Crippen molar-refractivity contribution in [3.63, 3.8) is 0 Å². The minimum atomic E-state index is -0.867. The summed E-state index contributed by atoms with van der Waals surface area (Å²) in [6.45, 7) is 11.2. The second-order valence-electron chi connectivity index (χ2n) is 14.1. The molecule has 47 heavy (non-hydrogen) atoms. The first-order chi connectivity index (χ1) is 22.5. The van der Waals surface area contributed by atoms with E-state index in [2.05, 4.69) is 59.2 Å². The van der Waals surface area contributed by atoms with Gasteiger partial charge in [-0.3, -0.25) is 4.90 Å². The molecule has 250 valence electrons. The number of carbonyl (C=O) groups is 1. The van der Waals surface area contributed by atoms with E-state index in [-0.39, 0.29) is 24.5 Å². The van der Waals surface area contributed by atoms with Crippen LogP contribution in [-0.2, 0) is 17.7 Å². The van der Waals surface area contributed by atoms with E-state index in [1.165, 1.54) is 22.0 Å². The lowest BCUT2D eigenvalue weighted by Crippen LogP contribution is -2.56. The largest absolute Gasteiger partial charge is 0.462 e. The fourth-order valence-corrected chi connectivity index (χ4v) is 7.16. The van der Waals surface area contributed by atoms with Gasteiger partial charge in [-0.25, -0.2) is 9.18 Å². The van der Waals surface area contributed by atoms with Crippen molar-refractivity contribution < 1.29 is 18.7 Å². The van der Waals surface area contributed by atoms with Crippen molar-refractivity contribution in [3.05, 3.63) is 53.2 Å². The maximum Gasteiger partial charge on any atom is 0.410 e. The number of nitrogens with zero attached hydrogens (tertiary/aromatic N) is 7. The number of aryl methyl sites for hydroxylation is 1. The highest BCUT2D eigenvalue weighted by atomic mass is 19.1. The smallest absolute Gasteiger partial charge is 0.410 e. The number of ether oxygens (including phenoxy) is 2. The Morgan fingerprint density at radius 3 is 2.57 bits per heavy atom. The van der Waals surface area contributed by atoms with Crippen LogP contribution in [0.25, 0.3) is 10.8 Å². The summed E-state index contributed by atoms with van der Waals surface area (Å²) in [5.74, 6) is 0.788. The maximum absolute atomic E-state index is 14.1. The zero-order valence-electron chi connectivity index (χ0n) is 28.2. The van der Waals surface area contributed by atoms with Gasteiger partial charge in [0.05, 0.1) is 30.8 Å². The number of halogens is 1. The average molecular weight is 644 g/mol. The number of anilines is 2. The van der Waals surface area contributed by atoms with Crippen LogP contribution in [0.2, 0.25) is 0 Å². The van der Waals surface area contributed by atoms with E-state index in [0.717, 1.165) is 36.5 Å². The topological polar surface area (TPSA) is 98.1 Å². The van der Waals surface area contributed by atoms with Gasteiger partial charge in [-0.15, -0.1) is 0 Å². The lowest BCUT2D eigenvalue weighted by molar-refractivity contribution is 0.0144. The van der Waals surface area contributed by atoms with Crippen LogP contribution in [-0.4, -0.2) is 96.1 Å². The van der Waals surface area contributed by atoms with E-state index < -0.39 is 17.9 Å². The van der Waals surface area contributed by atoms with Gasteiger partial charge in [-0.05, 0) is 71.0 Å². The Morgan fingerprint density at radius 2 is 1.85 bits per heavy atom. The summed E-state index contributed by atoms with van der Waals surface area (Å²) in [5, 5.41) is 12.1. The first-order valence-corrected chi connectivity index (χ1v) is 16.7. The quantitative estimate of drug-likeness (QED) is 0.338. The summed E-state index contributed by atoms with van der Waals surface area (Å²) in [6, 6.07) is 15.0. The number of piperazine rings is 1. The number of nitriles is 1. The number of carbonyl (C=O) groups excluding carboxylic acids is 1. The number of aromatic nitrogens is 2. The Bertz CT molecular complexity index is 1650. The Balaban J connectivity index is 1.34. The van der Waals surface area contributed by atoms with E-state index in [4.69, 9.17) is 19.4 Å². The monoisotopic (exact) mass is 643 g/mol. The molecule has 11 heteroatoms. The number of likely N-dealkylation sites (tertiary alicyclic amines) is 1. The van der Waals surface area contributed by atoms with E-state index in [1.807, 2.05) is 32.7 Å². The van der Waals surface area contributed by atoms with Crippen molar-refractivity contribution in [2.75, 3.05) is 56.2 Å². The molecule has 3 atom stereocenters. The van der Waals surface area contributed by atoms with Crippen LogP contribution >= 0.6 is 0 Å². The molecule has 0 saturated carbocycles. The standard InChI is InChI=1S/C36H46FN7O3/c1-24-9-6-10-25-11-7-13-31(32(24)25)42-16-8-12-29-30(22-42)39-34(46-23-28-19-26(37)20-41(28)5)40-33(29)43-17-18-44(27(21-43)14-15-38)35(45)47-36(2,3)4/h6-7,9-11,13,26-28H,8,12,14,16-23H2,1-5H3/t26-,27?,28-/m0/s1. The molecule has 0 radical (unpaired) electrons. The van der Waals surface area contributed by atoms with Crippen molar-refractivity contribution in [1.29, 1.82) is 5.26 Å². The van der Waals surface area contributed by atoms with Gasteiger partial charge in [-0.2, -0.15) is 15.2 Å². The molecular formula is C36H46FN7O3. The van der Waals surface area contributed by atoms with E-state index in [0.29, 0.717) is 45.8 Å². The number of hydrogen-bond acceptors (Lipinski definition) is 9. The van der Waals surface area contributed by atoms with Crippen LogP contribution in [0.5, 0.6) is 6.01 Å². The highest BCUT2D eigenvalue weighted by molar-refractivity contribution is 5.96. The molecule has 0 N–H and O–H groups in total. The van der Waals surface area contributed by atoms with Crippen molar-refractivity contribution >= 4 is 28.4 Å². The third kappa shape index (κ3) is 7.23. The number of rotatable bonds is 6. The van der Waals surface area contributed by atoms with Gasteiger partial charge in [-0.1, -0.05) is 30.3 Å². The number of amides is 1. The Morgan fingerprint density at radius 1 is 1.06 bits per heavy atom. The third-order valence-electron chi connectivity index (χ3n) is 9.46. The molecule has 0 aliphatic carbocycles. The molecule has 1 aromatic heterocycles. The molecule has 1 unspecified atom stereocenters. The number of hydrogen-bond donors (Lipinski definition) is 0. The molecule has 3 aliphatic heterocycles. The maximum atomic E-state index is 14.1. The zero-order valence-corrected chi connectivity index (χ0v) is 28.2. The number of fused-ring (bicyclic) bond motifs is 2. The van der Waals surface area contributed by atoms with Crippen LogP contribution in [0.4, 0.5) is 20.7 Å². The lowest BCUT2D eigenvalue weighted by atomic mass is 10.0.